The van der Waals surface area contributed by atoms with E-state index >= 15 is 0 Å². The Morgan fingerprint density at radius 1 is 1.47 bits per heavy atom. The topological polar surface area (TPSA) is 20.3 Å². The van der Waals surface area contributed by atoms with E-state index in [9.17, 15) is 4.79 Å². The van der Waals surface area contributed by atoms with Crippen molar-refractivity contribution in [2.24, 2.45) is 5.92 Å². The molecule has 1 aromatic heterocycles. The highest BCUT2D eigenvalue weighted by atomic mass is 35.5. The average Bonchev–Trinajstić information content (AvgIpc) is 3.10. The summed E-state index contributed by atoms with van der Waals surface area (Å²) in [5, 5.41) is 0. The fourth-order valence-electron chi connectivity index (χ4n) is 2.05. The largest absolute Gasteiger partial charge is 0.293 e. The van der Waals surface area contributed by atoms with E-state index in [0.29, 0.717) is 32.7 Å². The second-order valence-electron chi connectivity index (χ2n) is 5.55. The van der Waals surface area contributed by atoms with Crippen LogP contribution >= 0.6 is 34.5 Å². The molecule has 0 saturated heterocycles. The van der Waals surface area contributed by atoms with E-state index in [1.807, 2.05) is 0 Å². The summed E-state index contributed by atoms with van der Waals surface area (Å²) in [4.78, 5) is 14.6. The molecule has 0 amide bonds. The number of Topliss-reactive ketones (excluding diaryl/α,β-unsaturated/α-hetero) is 1. The fraction of sp³-hybridized carbons (Fsp3) is 0.643. The molecule has 2 nitrogen and oxygen atoms in total. The third-order valence-corrected chi connectivity index (χ3v) is 4.85. The number of nitrogens with zero attached hydrogens (tertiary/aromatic N) is 1. The van der Waals surface area contributed by atoms with Gasteiger partial charge in [0.1, 0.15) is 4.34 Å². The summed E-state index contributed by atoms with van der Waals surface area (Å²) in [6.45, 7) is 5.87. The Balaban J connectivity index is 1.96. The molecule has 5 heteroatoms. The Hall–Kier alpha value is -0.0900. The van der Waals surface area contributed by atoms with Crippen LogP contribution in [0.25, 0.3) is 0 Å². The molecule has 0 aromatic carbocycles. The third kappa shape index (κ3) is 4.45. The van der Waals surface area contributed by atoms with Crippen LogP contribution in [-0.4, -0.2) is 29.8 Å². The molecule has 0 unspecified atom stereocenters. The zero-order chi connectivity index (χ0) is 14.0. The molecule has 19 heavy (non-hydrogen) atoms. The van der Waals surface area contributed by atoms with Gasteiger partial charge in [0.15, 0.2) is 5.78 Å². The summed E-state index contributed by atoms with van der Waals surface area (Å²) in [5.74, 6) is 0.749. The Bertz CT molecular complexity index is 454. The highest BCUT2D eigenvalue weighted by molar-refractivity contribution is 7.20. The van der Waals surface area contributed by atoms with Crippen molar-refractivity contribution in [3.8, 4) is 0 Å². The van der Waals surface area contributed by atoms with Crippen molar-refractivity contribution in [1.82, 2.24) is 4.90 Å². The minimum absolute atomic E-state index is 0.0869. The van der Waals surface area contributed by atoms with Gasteiger partial charge in [-0.1, -0.05) is 37.0 Å². The Morgan fingerprint density at radius 3 is 2.63 bits per heavy atom. The molecule has 1 saturated carbocycles. The highest BCUT2D eigenvalue weighted by Crippen LogP contribution is 2.33. The van der Waals surface area contributed by atoms with Crippen LogP contribution in [0.1, 0.15) is 43.5 Å². The molecule has 2 rings (SSSR count). The Labute approximate surface area is 128 Å². The van der Waals surface area contributed by atoms with Gasteiger partial charge in [-0.15, -0.1) is 11.3 Å². The number of hydrogen-bond acceptors (Lipinski definition) is 3. The monoisotopic (exact) mass is 319 g/mol. The average molecular weight is 320 g/mol. The van der Waals surface area contributed by atoms with Gasteiger partial charge in [-0.2, -0.15) is 0 Å². The van der Waals surface area contributed by atoms with Crippen LogP contribution < -0.4 is 0 Å². The first-order valence-corrected chi connectivity index (χ1v) is 8.26. The molecular formula is C14H19Cl2NOS. The number of carbonyl (C=O) groups excluding carboxylic acids is 1. The minimum atomic E-state index is 0.0869. The zero-order valence-corrected chi connectivity index (χ0v) is 13.6. The van der Waals surface area contributed by atoms with Crippen molar-refractivity contribution >= 4 is 40.3 Å². The van der Waals surface area contributed by atoms with Crippen LogP contribution in [-0.2, 0) is 0 Å². The van der Waals surface area contributed by atoms with Crippen LogP contribution in [0.3, 0.4) is 0 Å². The summed E-state index contributed by atoms with van der Waals surface area (Å²) in [5.41, 5.74) is 0.576. The van der Waals surface area contributed by atoms with Gasteiger partial charge in [-0.25, -0.2) is 0 Å². The molecule has 0 atom stereocenters. The Kier molecular flexibility index (Phi) is 5.29. The van der Waals surface area contributed by atoms with Crippen molar-refractivity contribution in [2.45, 2.75) is 39.2 Å². The van der Waals surface area contributed by atoms with Gasteiger partial charge >= 0.3 is 0 Å². The van der Waals surface area contributed by atoms with Gasteiger partial charge in [0.2, 0.25) is 0 Å². The fourth-order valence-corrected chi connectivity index (χ4v) is 3.55. The van der Waals surface area contributed by atoms with Crippen molar-refractivity contribution < 1.29 is 4.79 Å². The van der Waals surface area contributed by atoms with Crippen LogP contribution in [0.15, 0.2) is 6.07 Å². The lowest BCUT2D eigenvalue weighted by Gasteiger charge is -2.22. The maximum atomic E-state index is 12.3. The lowest BCUT2D eigenvalue weighted by Crippen LogP contribution is -2.33. The van der Waals surface area contributed by atoms with Crippen LogP contribution in [0.5, 0.6) is 0 Å². The molecule has 106 valence electrons. The number of rotatable bonds is 7. The van der Waals surface area contributed by atoms with Crippen LogP contribution in [0, 0.1) is 5.92 Å². The lowest BCUT2D eigenvalue weighted by atomic mass is 10.1. The summed E-state index contributed by atoms with van der Waals surface area (Å²) >= 11 is 13.2. The molecule has 0 spiro atoms. The predicted molar refractivity (Wildman–Crippen MR) is 82.7 cm³/mol. The van der Waals surface area contributed by atoms with Crippen molar-refractivity contribution in [3.63, 3.8) is 0 Å². The van der Waals surface area contributed by atoms with Crippen molar-refractivity contribution in [2.75, 3.05) is 13.1 Å². The number of ketones is 1. The first kappa shape index (κ1) is 15.3. The standard InChI is InChI=1S/C14H19Cl2NOS/c1-9(2)5-6-17(10-3-4-10)8-12(18)11-7-13(15)19-14(11)16/h7,9-10H,3-6,8H2,1-2H3. The maximum Gasteiger partial charge on any atom is 0.179 e. The van der Waals surface area contributed by atoms with E-state index in [4.69, 9.17) is 23.2 Å². The van der Waals surface area contributed by atoms with E-state index in [0.717, 1.165) is 13.0 Å². The molecular weight excluding hydrogens is 301 g/mol. The molecule has 1 aliphatic carbocycles. The van der Waals surface area contributed by atoms with Gasteiger partial charge in [0.05, 0.1) is 16.4 Å². The molecule has 1 fully saturated rings. The third-order valence-electron chi connectivity index (χ3n) is 3.36. The van der Waals surface area contributed by atoms with E-state index in [1.165, 1.54) is 24.2 Å². The van der Waals surface area contributed by atoms with Crippen molar-refractivity contribution in [3.05, 3.63) is 20.3 Å². The minimum Gasteiger partial charge on any atom is -0.293 e. The SMILES string of the molecule is CC(C)CCN(CC(=O)c1cc(Cl)sc1Cl)C1CC1. The second-order valence-corrected chi connectivity index (χ2v) is 7.83. The molecule has 0 aliphatic heterocycles. The van der Waals surface area contributed by atoms with E-state index < -0.39 is 0 Å². The molecule has 0 N–H and O–H groups in total. The first-order chi connectivity index (χ1) is 8.97. The summed E-state index contributed by atoms with van der Waals surface area (Å²) in [6.07, 6.45) is 3.55. The highest BCUT2D eigenvalue weighted by Gasteiger charge is 2.30. The molecule has 1 aromatic rings. The quantitative estimate of drug-likeness (QED) is 0.676. The van der Waals surface area contributed by atoms with E-state index in [1.54, 1.807) is 6.07 Å². The predicted octanol–water partition coefficient (Wildman–Crippen LogP) is 4.75. The maximum absolute atomic E-state index is 12.3. The number of halogens is 2. The van der Waals surface area contributed by atoms with Crippen LogP contribution in [0.4, 0.5) is 0 Å². The molecule has 0 radical (unpaired) electrons. The molecule has 1 heterocycles. The van der Waals surface area contributed by atoms with Gasteiger partial charge in [-0.3, -0.25) is 9.69 Å². The number of carbonyl (C=O) groups is 1. The Morgan fingerprint density at radius 2 is 2.16 bits per heavy atom. The lowest BCUT2D eigenvalue weighted by molar-refractivity contribution is 0.0921. The number of thiophene rings is 1. The van der Waals surface area contributed by atoms with Crippen LogP contribution in [0.2, 0.25) is 8.67 Å². The summed E-state index contributed by atoms with van der Waals surface area (Å²) in [6, 6.07) is 2.28. The summed E-state index contributed by atoms with van der Waals surface area (Å²) < 4.78 is 1.09. The van der Waals surface area contributed by atoms with E-state index in [2.05, 4.69) is 18.7 Å². The molecule has 0 bridgehead atoms. The first-order valence-electron chi connectivity index (χ1n) is 6.69. The second kappa shape index (κ2) is 6.57. The molecule has 1 aliphatic rings. The smallest absolute Gasteiger partial charge is 0.179 e. The van der Waals surface area contributed by atoms with E-state index in [-0.39, 0.29) is 5.78 Å². The van der Waals surface area contributed by atoms with Gasteiger partial charge < -0.3 is 0 Å². The van der Waals surface area contributed by atoms with Gasteiger partial charge in [0.25, 0.3) is 0 Å². The van der Waals surface area contributed by atoms with Gasteiger partial charge in [-0.05, 0) is 37.8 Å². The van der Waals surface area contributed by atoms with Crippen molar-refractivity contribution in [1.29, 1.82) is 0 Å². The van der Waals surface area contributed by atoms with Gasteiger partial charge in [0, 0.05) is 6.04 Å². The number of hydrogen-bond donors (Lipinski definition) is 0. The zero-order valence-electron chi connectivity index (χ0n) is 11.3. The normalized spacial score (nSPS) is 15.5. The summed E-state index contributed by atoms with van der Waals surface area (Å²) in [7, 11) is 0.